The Hall–Kier alpha value is -1.35. The topological polar surface area (TPSA) is 46.3 Å². The highest BCUT2D eigenvalue weighted by atomic mass is 16.2. The van der Waals surface area contributed by atoms with Gasteiger partial charge in [-0.05, 0) is 50.0 Å². The fourth-order valence-corrected chi connectivity index (χ4v) is 4.85. The predicted octanol–water partition coefficient (Wildman–Crippen LogP) is 4.56. The molecule has 0 bridgehead atoms. The molecule has 1 spiro atoms. The van der Waals surface area contributed by atoms with Gasteiger partial charge in [-0.2, -0.15) is 0 Å². The summed E-state index contributed by atoms with van der Waals surface area (Å²) in [5, 5.41) is 1.58. The van der Waals surface area contributed by atoms with E-state index in [1.807, 2.05) is 6.07 Å². The van der Waals surface area contributed by atoms with Crippen LogP contribution in [0.5, 0.6) is 0 Å². The first-order valence-electron chi connectivity index (χ1n) is 9.71. The van der Waals surface area contributed by atoms with Gasteiger partial charge in [0.1, 0.15) is 0 Å². The third-order valence-electron chi connectivity index (χ3n) is 6.53. The van der Waals surface area contributed by atoms with Crippen molar-refractivity contribution in [2.24, 2.45) is 11.3 Å². The number of amides is 1. The first kappa shape index (κ1) is 17.5. The quantitative estimate of drug-likeness (QED) is 0.473. The third-order valence-corrected chi connectivity index (χ3v) is 6.53. The van der Waals surface area contributed by atoms with E-state index in [1.165, 1.54) is 31.2 Å². The SMILES string of the molecule is CCCCC(C)N(N)C(=O)C1(c2ccccc2)CCCCC12CC2. The molecule has 0 saturated heterocycles. The number of hydrogen-bond donors (Lipinski definition) is 1. The molecule has 2 aliphatic carbocycles. The Morgan fingerprint density at radius 1 is 1.17 bits per heavy atom. The number of carbonyl (C=O) groups excluding carboxylic acids is 1. The van der Waals surface area contributed by atoms with E-state index in [-0.39, 0.29) is 17.4 Å². The largest absolute Gasteiger partial charge is 0.277 e. The molecule has 132 valence electrons. The van der Waals surface area contributed by atoms with Crippen molar-refractivity contribution in [3.8, 4) is 0 Å². The Bertz CT molecular complexity index is 566. The zero-order chi connectivity index (χ0) is 17.2. The van der Waals surface area contributed by atoms with Gasteiger partial charge in [0, 0.05) is 6.04 Å². The van der Waals surface area contributed by atoms with Gasteiger partial charge in [0.2, 0.25) is 5.91 Å². The maximum Gasteiger partial charge on any atom is 0.247 e. The standard InChI is InChI=1S/C21H32N2O/c1-3-4-10-17(2)23(22)19(24)21(18-11-6-5-7-12-18)14-9-8-13-20(21)15-16-20/h5-7,11-12,17H,3-4,8-10,13-16,22H2,1-2H3. The van der Waals surface area contributed by atoms with Crippen molar-refractivity contribution < 1.29 is 4.79 Å². The summed E-state index contributed by atoms with van der Waals surface area (Å²) in [6, 6.07) is 10.6. The first-order chi connectivity index (χ1) is 11.6. The molecular formula is C21H32N2O. The smallest absolute Gasteiger partial charge is 0.247 e. The number of benzene rings is 1. The number of rotatable bonds is 6. The maximum absolute atomic E-state index is 13.7. The van der Waals surface area contributed by atoms with Crippen LogP contribution in [-0.2, 0) is 10.2 Å². The summed E-state index contributed by atoms with van der Waals surface area (Å²) in [6.45, 7) is 4.27. The second kappa shape index (κ2) is 6.87. The summed E-state index contributed by atoms with van der Waals surface area (Å²) in [4.78, 5) is 13.7. The van der Waals surface area contributed by atoms with Gasteiger partial charge in [0.15, 0.2) is 0 Å². The highest BCUT2D eigenvalue weighted by Gasteiger charge is 2.65. The van der Waals surface area contributed by atoms with Crippen LogP contribution in [0, 0.1) is 5.41 Å². The number of nitrogens with two attached hydrogens (primary N) is 1. The van der Waals surface area contributed by atoms with Crippen LogP contribution in [0.1, 0.15) is 77.2 Å². The maximum atomic E-state index is 13.7. The minimum atomic E-state index is -0.401. The summed E-state index contributed by atoms with van der Waals surface area (Å²) in [6.07, 6.45) is 10.1. The van der Waals surface area contributed by atoms with Crippen LogP contribution in [0.4, 0.5) is 0 Å². The van der Waals surface area contributed by atoms with Gasteiger partial charge >= 0.3 is 0 Å². The average Bonchev–Trinajstić information content (AvgIpc) is 3.40. The van der Waals surface area contributed by atoms with E-state index in [0.717, 1.165) is 32.1 Å². The summed E-state index contributed by atoms with van der Waals surface area (Å²) >= 11 is 0. The third kappa shape index (κ3) is 2.77. The summed E-state index contributed by atoms with van der Waals surface area (Å²) in [5.74, 6) is 6.55. The molecule has 1 amide bonds. The van der Waals surface area contributed by atoms with Crippen LogP contribution < -0.4 is 5.84 Å². The van der Waals surface area contributed by atoms with Crippen molar-refractivity contribution in [2.75, 3.05) is 0 Å². The van der Waals surface area contributed by atoms with Crippen LogP contribution in [0.3, 0.4) is 0 Å². The molecule has 1 aromatic carbocycles. The molecular weight excluding hydrogens is 296 g/mol. The number of carbonyl (C=O) groups is 1. The lowest BCUT2D eigenvalue weighted by Gasteiger charge is -2.46. The molecule has 2 fully saturated rings. The Morgan fingerprint density at radius 2 is 1.83 bits per heavy atom. The monoisotopic (exact) mass is 328 g/mol. The highest BCUT2D eigenvalue weighted by Crippen LogP contribution is 2.67. The number of hydrazine groups is 1. The highest BCUT2D eigenvalue weighted by molar-refractivity contribution is 5.90. The van der Waals surface area contributed by atoms with E-state index < -0.39 is 5.41 Å². The zero-order valence-corrected chi connectivity index (χ0v) is 15.3. The van der Waals surface area contributed by atoms with Crippen LogP contribution in [0.15, 0.2) is 30.3 Å². The van der Waals surface area contributed by atoms with E-state index in [4.69, 9.17) is 5.84 Å². The van der Waals surface area contributed by atoms with E-state index in [2.05, 4.69) is 38.1 Å². The molecule has 3 nitrogen and oxygen atoms in total. The number of hydrogen-bond acceptors (Lipinski definition) is 2. The number of unbranched alkanes of at least 4 members (excludes halogenated alkanes) is 1. The minimum absolute atomic E-state index is 0.107. The van der Waals surface area contributed by atoms with E-state index in [1.54, 1.807) is 5.01 Å². The van der Waals surface area contributed by atoms with Gasteiger partial charge in [0.05, 0.1) is 5.41 Å². The van der Waals surface area contributed by atoms with Crippen LogP contribution >= 0.6 is 0 Å². The molecule has 3 heteroatoms. The lowest BCUT2D eigenvalue weighted by molar-refractivity contribution is -0.145. The molecule has 0 aliphatic heterocycles. The lowest BCUT2D eigenvalue weighted by atomic mass is 9.59. The van der Waals surface area contributed by atoms with Gasteiger partial charge in [-0.1, -0.05) is 62.9 Å². The number of nitrogens with zero attached hydrogens (tertiary/aromatic N) is 1. The summed E-state index contributed by atoms with van der Waals surface area (Å²) in [5.41, 5.74) is 0.943. The lowest BCUT2D eigenvalue weighted by Crippen LogP contribution is -2.58. The molecule has 0 aromatic heterocycles. The Balaban J connectivity index is 1.95. The van der Waals surface area contributed by atoms with Gasteiger partial charge in [-0.3, -0.25) is 9.80 Å². The first-order valence-corrected chi connectivity index (χ1v) is 9.71. The molecule has 2 atom stereocenters. The zero-order valence-electron chi connectivity index (χ0n) is 15.3. The Morgan fingerprint density at radius 3 is 2.46 bits per heavy atom. The van der Waals surface area contributed by atoms with Crippen molar-refractivity contribution in [3.63, 3.8) is 0 Å². The fraction of sp³-hybridized carbons (Fsp3) is 0.667. The second-order valence-electron chi connectivity index (χ2n) is 7.96. The van der Waals surface area contributed by atoms with Crippen LogP contribution in [-0.4, -0.2) is 17.0 Å². The summed E-state index contributed by atoms with van der Waals surface area (Å²) in [7, 11) is 0. The molecule has 24 heavy (non-hydrogen) atoms. The molecule has 2 saturated carbocycles. The molecule has 2 N–H and O–H groups in total. The Kier molecular flexibility index (Phi) is 5.00. The molecule has 0 heterocycles. The van der Waals surface area contributed by atoms with Gasteiger partial charge < -0.3 is 0 Å². The van der Waals surface area contributed by atoms with Gasteiger partial charge in [-0.15, -0.1) is 0 Å². The normalized spacial score (nSPS) is 26.1. The van der Waals surface area contributed by atoms with E-state index >= 15 is 0 Å². The van der Waals surface area contributed by atoms with E-state index in [0.29, 0.717) is 0 Å². The van der Waals surface area contributed by atoms with Gasteiger partial charge in [0.25, 0.3) is 0 Å². The van der Waals surface area contributed by atoms with Crippen molar-refractivity contribution in [2.45, 2.75) is 83.1 Å². The Labute approximate surface area is 146 Å². The molecule has 0 radical (unpaired) electrons. The van der Waals surface area contributed by atoms with Gasteiger partial charge in [-0.25, -0.2) is 5.84 Å². The summed E-state index contributed by atoms with van der Waals surface area (Å²) < 4.78 is 0. The van der Waals surface area contributed by atoms with Crippen molar-refractivity contribution in [3.05, 3.63) is 35.9 Å². The second-order valence-corrected chi connectivity index (χ2v) is 7.96. The molecule has 2 unspecified atom stereocenters. The molecule has 3 rings (SSSR count). The predicted molar refractivity (Wildman–Crippen MR) is 98.3 cm³/mol. The fourth-order valence-electron chi connectivity index (χ4n) is 4.85. The van der Waals surface area contributed by atoms with Crippen molar-refractivity contribution >= 4 is 5.91 Å². The van der Waals surface area contributed by atoms with E-state index in [9.17, 15) is 4.79 Å². The van der Waals surface area contributed by atoms with Crippen LogP contribution in [0.2, 0.25) is 0 Å². The molecule has 2 aliphatic rings. The molecule has 1 aromatic rings. The average molecular weight is 329 g/mol. The van der Waals surface area contributed by atoms with Crippen LogP contribution in [0.25, 0.3) is 0 Å². The minimum Gasteiger partial charge on any atom is -0.277 e. The van der Waals surface area contributed by atoms with Crippen molar-refractivity contribution in [1.82, 2.24) is 5.01 Å². The van der Waals surface area contributed by atoms with Crippen molar-refractivity contribution in [1.29, 1.82) is 0 Å².